The number of aromatic amines is 1. The standard InChI is InChI=1S/C17H21N5O2/c1-2-3-16(24)22-8-4-12(5-9-22)13-10-15(23)21-17(20-13)14-11-18-6-7-19-14/h6-7,10-12H,2-5,8-9H2,1H3,(H,20,21,23). The van der Waals surface area contributed by atoms with E-state index in [0.29, 0.717) is 17.9 Å². The summed E-state index contributed by atoms with van der Waals surface area (Å²) in [4.78, 5) is 41.3. The summed E-state index contributed by atoms with van der Waals surface area (Å²) in [6, 6.07) is 1.55. The molecule has 126 valence electrons. The number of likely N-dealkylation sites (tertiary alicyclic amines) is 1. The average molecular weight is 327 g/mol. The van der Waals surface area contributed by atoms with E-state index in [1.165, 1.54) is 0 Å². The van der Waals surface area contributed by atoms with Gasteiger partial charge in [0.1, 0.15) is 5.69 Å². The molecule has 1 N–H and O–H groups in total. The lowest BCUT2D eigenvalue weighted by molar-refractivity contribution is -0.132. The first-order valence-electron chi connectivity index (χ1n) is 8.32. The molecule has 0 spiro atoms. The highest BCUT2D eigenvalue weighted by Crippen LogP contribution is 2.27. The largest absolute Gasteiger partial charge is 0.343 e. The Balaban J connectivity index is 1.76. The number of H-pyrrole nitrogens is 1. The SMILES string of the molecule is CCCC(=O)N1CCC(c2cc(=O)[nH]c(-c3cnccn3)n2)CC1. The van der Waals surface area contributed by atoms with Gasteiger partial charge in [0.15, 0.2) is 5.82 Å². The van der Waals surface area contributed by atoms with Crippen LogP contribution in [0.4, 0.5) is 0 Å². The Hall–Kier alpha value is -2.57. The van der Waals surface area contributed by atoms with E-state index in [-0.39, 0.29) is 17.4 Å². The van der Waals surface area contributed by atoms with Gasteiger partial charge in [0.25, 0.3) is 5.56 Å². The van der Waals surface area contributed by atoms with E-state index in [9.17, 15) is 9.59 Å². The van der Waals surface area contributed by atoms with E-state index in [0.717, 1.165) is 38.0 Å². The van der Waals surface area contributed by atoms with Crippen molar-refractivity contribution in [1.82, 2.24) is 24.8 Å². The molecule has 1 aliphatic rings. The van der Waals surface area contributed by atoms with Gasteiger partial charge in [-0.3, -0.25) is 14.6 Å². The zero-order valence-corrected chi connectivity index (χ0v) is 13.7. The Labute approximate surface area is 140 Å². The van der Waals surface area contributed by atoms with Gasteiger partial charge in [-0.05, 0) is 19.3 Å². The molecule has 0 aromatic carbocycles. The number of nitrogens with one attached hydrogen (secondary N) is 1. The van der Waals surface area contributed by atoms with Gasteiger partial charge in [-0.1, -0.05) is 6.92 Å². The first-order valence-corrected chi connectivity index (χ1v) is 8.32. The highest BCUT2D eigenvalue weighted by molar-refractivity contribution is 5.76. The molecule has 0 unspecified atom stereocenters. The number of piperidine rings is 1. The van der Waals surface area contributed by atoms with Crippen LogP contribution in [0.2, 0.25) is 0 Å². The predicted molar refractivity (Wildman–Crippen MR) is 89.3 cm³/mol. The number of aromatic nitrogens is 4. The molecule has 1 fully saturated rings. The highest BCUT2D eigenvalue weighted by atomic mass is 16.2. The minimum absolute atomic E-state index is 0.188. The van der Waals surface area contributed by atoms with Crippen molar-refractivity contribution in [2.24, 2.45) is 0 Å². The van der Waals surface area contributed by atoms with Crippen LogP contribution < -0.4 is 5.56 Å². The van der Waals surface area contributed by atoms with Crippen molar-refractivity contribution >= 4 is 5.91 Å². The summed E-state index contributed by atoms with van der Waals surface area (Å²) in [6.07, 6.45) is 7.85. The van der Waals surface area contributed by atoms with Crippen molar-refractivity contribution in [3.63, 3.8) is 0 Å². The van der Waals surface area contributed by atoms with Crippen LogP contribution in [-0.2, 0) is 4.79 Å². The maximum absolute atomic E-state index is 12.0. The smallest absolute Gasteiger partial charge is 0.251 e. The summed E-state index contributed by atoms with van der Waals surface area (Å²) in [7, 11) is 0. The van der Waals surface area contributed by atoms with Gasteiger partial charge in [0, 0.05) is 43.9 Å². The Morgan fingerprint density at radius 2 is 2.12 bits per heavy atom. The lowest BCUT2D eigenvalue weighted by Gasteiger charge is -2.31. The van der Waals surface area contributed by atoms with Gasteiger partial charge in [-0.25, -0.2) is 9.97 Å². The van der Waals surface area contributed by atoms with Crippen LogP contribution in [0.1, 0.15) is 44.2 Å². The maximum atomic E-state index is 12.0. The van der Waals surface area contributed by atoms with Gasteiger partial charge in [-0.15, -0.1) is 0 Å². The zero-order valence-electron chi connectivity index (χ0n) is 13.7. The second kappa shape index (κ2) is 7.33. The van der Waals surface area contributed by atoms with Crippen LogP contribution in [-0.4, -0.2) is 43.8 Å². The molecule has 1 aliphatic heterocycles. The van der Waals surface area contributed by atoms with Gasteiger partial charge in [0.2, 0.25) is 5.91 Å². The first kappa shape index (κ1) is 16.3. The molecule has 3 rings (SSSR count). The molecular formula is C17H21N5O2. The van der Waals surface area contributed by atoms with Crippen LogP contribution in [0.5, 0.6) is 0 Å². The lowest BCUT2D eigenvalue weighted by Crippen LogP contribution is -2.38. The second-order valence-electron chi connectivity index (χ2n) is 6.01. The van der Waals surface area contributed by atoms with Crippen LogP contribution in [0.15, 0.2) is 29.5 Å². The minimum Gasteiger partial charge on any atom is -0.343 e. The first-order chi connectivity index (χ1) is 11.7. The summed E-state index contributed by atoms with van der Waals surface area (Å²) in [5, 5.41) is 0. The topological polar surface area (TPSA) is 91.8 Å². The van der Waals surface area contributed by atoms with Crippen LogP contribution in [0.3, 0.4) is 0 Å². The fraction of sp³-hybridized carbons (Fsp3) is 0.471. The van der Waals surface area contributed by atoms with Gasteiger partial charge in [0.05, 0.1) is 11.9 Å². The Bertz CT molecular complexity index is 751. The van der Waals surface area contributed by atoms with E-state index < -0.39 is 0 Å². The molecule has 3 heterocycles. The molecule has 0 radical (unpaired) electrons. The lowest BCUT2D eigenvalue weighted by atomic mass is 9.93. The van der Waals surface area contributed by atoms with Crippen molar-refractivity contribution in [2.75, 3.05) is 13.1 Å². The third-order valence-electron chi connectivity index (χ3n) is 4.30. The zero-order chi connectivity index (χ0) is 16.9. The number of rotatable bonds is 4. The molecule has 1 saturated heterocycles. The van der Waals surface area contributed by atoms with E-state index in [4.69, 9.17) is 0 Å². The van der Waals surface area contributed by atoms with Crippen molar-refractivity contribution in [2.45, 2.75) is 38.5 Å². The van der Waals surface area contributed by atoms with Gasteiger partial charge in [-0.2, -0.15) is 0 Å². The quantitative estimate of drug-likeness (QED) is 0.923. The number of hydrogen-bond acceptors (Lipinski definition) is 5. The summed E-state index contributed by atoms with van der Waals surface area (Å²) in [5.41, 5.74) is 1.12. The van der Waals surface area contributed by atoms with E-state index in [2.05, 4.69) is 19.9 Å². The minimum atomic E-state index is -0.190. The molecular weight excluding hydrogens is 306 g/mol. The van der Waals surface area contributed by atoms with Crippen LogP contribution in [0.25, 0.3) is 11.5 Å². The van der Waals surface area contributed by atoms with Crippen molar-refractivity contribution in [3.05, 3.63) is 40.7 Å². The molecule has 0 aliphatic carbocycles. The van der Waals surface area contributed by atoms with E-state index >= 15 is 0 Å². The highest BCUT2D eigenvalue weighted by Gasteiger charge is 2.25. The molecule has 7 nitrogen and oxygen atoms in total. The molecule has 0 saturated carbocycles. The predicted octanol–water partition coefficient (Wildman–Crippen LogP) is 1.73. The van der Waals surface area contributed by atoms with Gasteiger partial charge >= 0.3 is 0 Å². The summed E-state index contributed by atoms with van der Waals surface area (Å²) < 4.78 is 0. The van der Waals surface area contributed by atoms with Crippen molar-refractivity contribution < 1.29 is 4.79 Å². The molecule has 7 heteroatoms. The third kappa shape index (κ3) is 3.67. The number of carbonyl (C=O) groups is 1. The average Bonchev–Trinajstić information content (AvgIpc) is 2.62. The number of amides is 1. The number of nitrogens with zero attached hydrogens (tertiary/aromatic N) is 4. The normalized spacial score (nSPS) is 15.5. The Morgan fingerprint density at radius 1 is 1.33 bits per heavy atom. The summed E-state index contributed by atoms with van der Waals surface area (Å²) in [5.74, 6) is 0.846. The van der Waals surface area contributed by atoms with Crippen LogP contribution in [0, 0.1) is 0 Å². The monoisotopic (exact) mass is 327 g/mol. The van der Waals surface area contributed by atoms with E-state index in [1.54, 1.807) is 24.7 Å². The number of hydrogen-bond donors (Lipinski definition) is 1. The van der Waals surface area contributed by atoms with Crippen molar-refractivity contribution in [3.8, 4) is 11.5 Å². The Kier molecular flexibility index (Phi) is 4.98. The maximum Gasteiger partial charge on any atom is 0.251 e. The van der Waals surface area contributed by atoms with Gasteiger partial charge < -0.3 is 9.88 Å². The number of carbonyl (C=O) groups excluding carboxylic acids is 1. The Morgan fingerprint density at radius 3 is 2.79 bits per heavy atom. The molecule has 2 aromatic heterocycles. The fourth-order valence-corrected chi connectivity index (χ4v) is 3.02. The molecule has 2 aromatic rings. The van der Waals surface area contributed by atoms with Crippen molar-refractivity contribution in [1.29, 1.82) is 0 Å². The molecule has 0 bridgehead atoms. The molecule has 1 amide bonds. The molecule has 24 heavy (non-hydrogen) atoms. The van der Waals surface area contributed by atoms with E-state index in [1.807, 2.05) is 11.8 Å². The van der Waals surface area contributed by atoms with Crippen LogP contribution >= 0.6 is 0 Å². The molecule has 0 atom stereocenters. The fourth-order valence-electron chi connectivity index (χ4n) is 3.02. The third-order valence-corrected chi connectivity index (χ3v) is 4.30. The summed E-state index contributed by atoms with van der Waals surface area (Å²) in [6.45, 7) is 3.45. The summed E-state index contributed by atoms with van der Waals surface area (Å²) >= 11 is 0. The second-order valence-corrected chi connectivity index (χ2v) is 6.01.